The molecule has 0 N–H and O–H groups in total. The minimum Gasteiger partial charge on any atom is -0.425 e. The lowest BCUT2D eigenvalue weighted by molar-refractivity contribution is 0.0706. The number of rotatable bonds is 3. The largest absolute Gasteiger partial charge is 0.425 e. The van der Waals surface area contributed by atoms with E-state index in [1.54, 1.807) is 0 Å². The number of amides is 1. The summed E-state index contributed by atoms with van der Waals surface area (Å²) in [5.41, 5.74) is 2.29. The predicted octanol–water partition coefficient (Wildman–Crippen LogP) is 2.97. The fourth-order valence-corrected chi connectivity index (χ4v) is 3.85. The number of nitrogens with zero attached hydrogens (tertiary/aromatic N) is 5. The maximum atomic E-state index is 12.7. The Balaban J connectivity index is 1.26. The van der Waals surface area contributed by atoms with Crippen molar-refractivity contribution in [1.29, 1.82) is 0 Å². The van der Waals surface area contributed by atoms with Crippen LogP contribution in [0.4, 0.5) is 0 Å². The number of hydrogen-bond acceptors (Lipinski definition) is 7. The molecule has 2 fully saturated rings. The van der Waals surface area contributed by atoms with E-state index in [-0.39, 0.29) is 11.8 Å². The summed E-state index contributed by atoms with van der Waals surface area (Å²) in [5, 5.41) is 8.39. The van der Waals surface area contributed by atoms with Gasteiger partial charge in [0.2, 0.25) is 11.8 Å². The van der Waals surface area contributed by atoms with Gasteiger partial charge in [-0.3, -0.25) is 4.79 Å². The van der Waals surface area contributed by atoms with Crippen LogP contribution in [0, 0.1) is 0 Å². The standard InChI is InChI=1S/C17H17N5O2S/c23-17(12-3-4-13-14(9-12)21-25-20-13)22-7-5-11(6-8-22)16-19-18-15(24-16)10-1-2-10/h3-4,9-11H,1-2,5-8H2. The van der Waals surface area contributed by atoms with Crippen molar-refractivity contribution < 1.29 is 9.21 Å². The maximum Gasteiger partial charge on any atom is 0.253 e. The van der Waals surface area contributed by atoms with Crippen molar-refractivity contribution in [3.63, 3.8) is 0 Å². The van der Waals surface area contributed by atoms with E-state index in [1.807, 2.05) is 23.1 Å². The summed E-state index contributed by atoms with van der Waals surface area (Å²) in [5.74, 6) is 2.33. The molecule has 3 heterocycles. The molecule has 25 heavy (non-hydrogen) atoms. The molecule has 0 bridgehead atoms. The van der Waals surface area contributed by atoms with Crippen molar-refractivity contribution in [2.24, 2.45) is 0 Å². The van der Waals surface area contributed by atoms with Crippen LogP contribution in [0.1, 0.15) is 59.7 Å². The van der Waals surface area contributed by atoms with Gasteiger partial charge in [0.1, 0.15) is 11.0 Å². The molecular formula is C17H17N5O2S. The molecule has 1 saturated heterocycles. The van der Waals surface area contributed by atoms with Crippen LogP contribution in [0.25, 0.3) is 11.0 Å². The number of benzene rings is 1. The van der Waals surface area contributed by atoms with E-state index in [0.29, 0.717) is 24.6 Å². The molecular weight excluding hydrogens is 338 g/mol. The van der Waals surface area contributed by atoms with Crippen LogP contribution in [0.5, 0.6) is 0 Å². The quantitative estimate of drug-likeness (QED) is 0.718. The van der Waals surface area contributed by atoms with E-state index in [0.717, 1.165) is 48.5 Å². The summed E-state index contributed by atoms with van der Waals surface area (Å²) in [6.45, 7) is 1.41. The highest BCUT2D eigenvalue weighted by Gasteiger charge is 2.32. The maximum absolute atomic E-state index is 12.7. The smallest absolute Gasteiger partial charge is 0.253 e. The summed E-state index contributed by atoms with van der Waals surface area (Å²) < 4.78 is 14.2. The molecule has 5 rings (SSSR count). The number of hydrogen-bond donors (Lipinski definition) is 0. The molecule has 128 valence electrons. The van der Waals surface area contributed by atoms with Crippen molar-refractivity contribution in [3.05, 3.63) is 35.5 Å². The van der Waals surface area contributed by atoms with Crippen LogP contribution in [0.2, 0.25) is 0 Å². The lowest BCUT2D eigenvalue weighted by atomic mass is 9.96. The van der Waals surface area contributed by atoms with Gasteiger partial charge in [0.05, 0.1) is 11.7 Å². The van der Waals surface area contributed by atoms with Crippen molar-refractivity contribution >= 4 is 28.7 Å². The molecule has 7 nitrogen and oxygen atoms in total. The summed E-state index contributed by atoms with van der Waals surface area (Å²) >= 11 is 1.17. The van der Waals surface area contributed by atoms with Crippen molar-refractivity contribution in [1.82, 2.24) is 23.8 Å². The highest BCUT2D eigenvalue weighted by molar-refractivity contribution is 7.00. The first-order valence-corrected chi connectivity index (χ1v) is 9.36. The van der Waals surface area contributed by atoms with Gasteiger partial charge in [-0.1, -0.05) is 0 Å². The van der Waals surface area contributed by atoms with Crippen LogP contribution in [0.3, 0.4) is 0 Å². The molecule has 1 aliphatic heterocycles. The average Bonchev–Trinajstić information content (AvgIpc) is 3.20. The molecule has 1 amide bonds. The fraction of sp³-hybridized carbons (Fsp3) is 0.471. The van der Waals surface area contributed by atoms with E-state index < -0.39 is 0 Å². The SMILES string of the molecule is O=C(c1ccc2nsnc2c1)N1CCC(c2nnc(C3CC3)o2)CC1. The van der Waals surface area contributed by atoms with Gasteiger partial charge in [-0.25, -0.2) is 0 Å². The molecule has 1 saturated carbocycles. The Morgan fingerprint density at radius 2 is 1.68 bits per heavy atom. The molecule has 0 atom stereocenters. The Bertz CT molecular complexity index is 924. The molecule has 2 aromatic heterocycles. The zero-order valence-corrected chi connectivity index (χ0v) is 14.4. The molecule has 1 aromatic carbocycles. The molecule has 3 aromatic rings. The van der Waals surface area contributed by atoms with Crippen molar-refractivity contribution in [2.45, 2.75) is 37.5 Å². The molecule has 1 aliphatic carbocycles. The van der Waals surface area contributed by atoms with Gasteiger partial charge < -0.3 is 9.32 Å². The second kappa shape index (κ2) is 5.87. The van der Waals surface area contributed by atoms with Gasteiger partial charge in [-0.2, -0.15) is 8.75 Å². The Hall–Kier alpha value is -2.35. The van der Waals surface area contributed by atoms with Crippen LogP contribution >= 0.6 is 11.7 Å². The third-order valence-corrected chi connectivity index (χ3v) is 5.57. The molecule has 8 heteroatoms. The predicted molar refractivity (Wildman–Crippen MR) is 91.6 cm³/mol. The number of carbonyl (C=O) groups is 1. The first kappa shape index (κ1) is 14.9. The van der Waals surface area contributed by atoms with E-state index in [4.69, 9.17) is 4.42 Å². The van der Waals surface area contributed by atoms with Crippen molar-refractivity contribution in [2.75, 3.05) is 13.1 Å². The third-order valence-electron chi connectivity index (χ3n) is 5.01. The zero-order valence-electron chi connectivity index (χ0n) is 13.6. The number of carbonyl (C=O) groups excluding carboxylic acids is 1. The monoisotopic (exact) mass is 355 g/mol. The minimum absolute atomic E-state index is 0.0533. The van der Waals surface area contributed by atoms with Crippen molar-refractivity contribution in [3.8, 4) is 0 Å². The van der Waals surface area contributed by atoms with Crippen LogP contribution in [-0.4, -0.2) is 42.8 Å². The summed E-state index contributed by atoms with van der Waals surface area (Å²) in [6.07, 6.45) is 4.04. The Labute approximate surface area is 148 Å². The lowest BCUT2D eigenvalue weighted by Crippen LogP contribution is -2.38. The Morgan fingerprint density at radius 1 is 1.00 bits per heavy atom. The summed E-state index contributed by atoms with van der Waals surface area (Å²) in [4.78, 5) is 14.6. The molecule has 0 radical (unpaired) electrons. The van der Waals surface area contributed by atoms with E-state index >= 15 is 0 Å². The van der Waals surface area contributed by atoms with Crippen LogP contribution in [-0.2, 0) is 0 Å². The first-order chi connectivity index (χ1) is 12.3. The number of fused-ring (bicyclic) bond motifs is 1. The second-order valence-corrected chi connectivity index (χ2v) is 7.32. The van der Waals surface area contributed by atoms with Gasteiger partial charge in [-0.05, 0) is 43.9 Å². The first-order valence-electron chi connectivity index (χ1n) is 8.63. The Morgan fingerprint density at radius 3 is 2.40 bits per heavy atom. The second-order valence-electron chi connectivity index (χ2n) is 6.79. The summed E-state index contributed by atoms with van der Waals surface area (Å²) in [6, 6.07) is 5.52. The van der Waals surface area contributed by atoms with Gasteiger partial charge >= 0.3 is 0 Å². The summed E-state index contributed by atoms with van der Waals surface area (Å²) in [7, 11) is 0. The topological polar surface area (TPSA) is 85.0 Å². The van der Waals surface area contributed by atoms with Gasteiger partial charge in [0.15, 0.2) is 0 Å². The zero-order chi connectivity index (χ0) is 16.8. The van der Waals surface area contributed by atoms with Gasteiger partial charge in [0.25, 0.3) is 5.91 Å². The van der Waals surface area contributed by atoms with Crippen LogP contribution in [0.15, 0.2) is 22.6 Å². The minimum atomic E-state index is 0.0533. The highest BCUT2D eigenvalue weighted by Crippen LogP contribution is 2.40. The highest BCUT2D eigenvalue weighted by atomic mass is 32.1. The molecule has 2 aliphatic rings. The lowest BCUT2D eigenvalue weighted by Gasteiger charge is -2.30. The average molecular weight is 355 g/mol. The third kappa shape index (κ3) is 2.80. The van der Waals surface area contributed by atoms with E-state index in [9.17, 15) is 4.79 Å². The van der Waals surface area contributed by atoms with Gasteiger partial charge in [0, 0.05) is 30.5 Å². The van der Waals surface area contributed by atoms with E-state index in [1.165, 1.54) is 11.7 Å². The number of likely N-dealkylation sites (tertiary alicyclic amines) is 1. The number of aromatic nitrogens is 4. The van der Waals surface area contributed by atoms with Gasteiger partial charge in [-0.15, -0.1) is 10.2 Å². The molecule has 0 spiro atoms. The van der Waals surface area contributed by atoms with Crippen LogP contribution < -0.4 is 0 Å². The molecule has 0 unspecified atom stereocenters. The fourth-order valence-electron chi connectivity index (χ4n) is 3.33. The Kier molecular flexibility index (Phi) is 3.51. The van der Waals surface area contributed by atoms with E-state index in [2.05, 4.69) is 18.9 Å². The normalized spacial score (nSPS) is 18.8. The number of piperidine rings is 1.